The third kappa shape index (κ3) is 2.79. The van der Waals surface area contributed by atoms with E-state index in [2.05, 4.69) is 4.98 Å². The topological polar surface area (TPSA) is 97.5 Å². The maximum Gasteiger partial charge on any atom is 0.430 e. The number of nitrogens with one attached hydrogen (secondary N) is 1. The molecule has 1 amide bonds. The molecule has 2 aromatic rings. The third-order valence-corrected chi connectivity index (χ3v) is 4.02. The van der Waals surface area contributed by atoms with Crippen LogP contribution in [0.2, 0.25) is 0 Å². The lowest BCUT2D eigenvalue weighted by Gasteiger charge is -2.29. The molecule has 0 radical (unpaired) electrons. The number of thiazole rings is 1. The van der Waals surface area contributed by atoms with Gasteiger partial charge in [-0.2, -0.15) is 13.2 Å². The molecule has 1 aromatic heterocycles. The zero-order valence-electron chi connectivity index (χ0n) is 12.2. The second kappa shape index (κ2) is 5.85. The molecule has 0 saturated carbocycles. The van der Waals surface area contributed by atoms with Crippen molar-refractivity contribution in [2.24, 2.45) is 0 Å². The molecular weight excluding hydrogens is 335 g/mol. The molecule has 0 saturated heterocycles. The van der Waals surface area contributed by atoms with Crippen LogP contribution < -0.4 is 15.8 Å². The molecular formula is C13H14F3N3O3S. The van der Waals surface area contributed by atoms with Gasteiger partial charge in [0.1, 0.15) is 11.3 Å². The van der Waals surface area contributed by atoms with Crippen LogP contribution in [0.1, 0.15) is 12.5 Å². The standard InChI is InChI=1S/C13H14F3N3O3S/c1-3-18-10(20)12(21,13(14,15)16)6-4-7(22-2)9-8(5-6)23-11(17)19-9/h4-5,21H,3H2,1-2H3,(H2,17,19)(H,18,20). The minimum atomic E-state index is -5.22. The fourth-order valence-corrected chi connectivity index (χ4v) is 2.88. The van der Waals surface area contributed by atoms with E-state index in [1.165, 1.54) is 14.0 Å². The van der Waals surface area contributed by atoms with Gasteiger partial charge in [0.25, 0.3) is 11.5 Å². The highest BCUT2D eigenvalue weighted by atomic mass is 32.1. The van der Waals surface area contributed by atoms with E-state index in [4.69, 9.17) is 10.5 Å². The van der Waals surface area contributed by atoms with E-state index in [1.54, 1.807) is 0 Å². The predicted molar refractivity (Wildman–Crippen MR) is 79.2 cm³/mol. The van der Waals surface area contributed by atoms with E-state index in [0.717, 1.165) is 23.5 Å². The molecule has 0 aliphatic carbocycles. The van der Waals surface area contributed by atoms with E-state index < -0.39 is 23.2 Å². The smallest absolute Gasteiger partial charge is 0.430 e. The van der Waals surface area contributed by atoms with E-state index in [1.807, 2.05) is 5.32 Å². The van der Waals surface area contributed by atoms with Crippen LogP contribution in [-0.2, 0) is 10.4 Å². The van der Waals surface area contributed by atoms with Crippen molar-refractivity contribution in [1.82, 2.24) is 10.3 Å². The lowest BCUT2D eigenvalue weighted by Crippen LogP contribution is -2.54. The summed E-state index contributed by atoms with van der Waals surface area (Å²) < 4.78 is 45.5. The zero-order chi connectivity index (χ0) is 17.4. The lowest BCUT2D eigenvalue weighted by atomic mass is 9.91. The van der Waals surface area contributed by atoms with Gasteiger partial charge in [0.2, 0.25) is 0 Å². The molecule has 23 heavy (non-hydrogen) atoms. The van der Waals surface area contributed by atoms with Gasteiger partial charge in [0.15, 0.2) is 5.13 Å². The second-order valence-corrected chi connectivity index (χ2v) is 5.71. The SMILES string of the molecule is CCNC(=O)C(O)(c1cc(OC)c2nc(N)sc2c1)C(F)(F)F. The average Bonchev–Trinajstić information content (AvgIpc) is 2.84. The number of aliphatic hydroxyl groups is 1. The number of carbonyl (C=O) groups excluding carboxylic acids is 1. The van der Waals surface area contributed by atoms with Crippen molar-refractivity contribution in [1.29, 1.82) is 0 Å². The van der Waals surface area contributed by atoms with Crippen molar-refractivity contribution in [2.75, 3.05) is 19.4 Å². The van der Waals surface area contributed by atoms with Crippen LogP contribution in [0, 0.1) is 0 Å². The molecule has 1 unspecified atom stereocenters. The molecule has 10 heteroatoms. The highest BCUT2D eigenvalue weighted by Crippen LogP contribution is 2.43. The van der Waals surface area contributed by atoms with Crippen LogP contribution in [0.5, 0.6) is 5.75 Å². The van der Waals surface area contributed by atoms with E-state index in [9.17, 15) is 23.1 Å². The lowest BCUT2D eigenvalue weighted by molar-refractivity contribution is -0.256. The summed E-state index contributed by atoms with van der Waals surface area (Å²) in [4.78, 5) is 15.9. The molecule has 0 aliphatic heterocycles. The number of methoxy groups -OCH3 is 1. The number of benzene rings is 1. The minimum absolute atomic E-state index is 0.0163. The summed E-state index contributed by atoms with van der Waals surface area (Å²) in [6.45, 7) is 1.38. The first-order chi connectivity index (χ1) is 10.6. The zero-order valence-corrected chi connectivity index (χ0v) is 13.0. The molecule has 0 fully saturated rings. The first kappa shape index (κ1) is 17.3. The number of anilines is 1. The van der Waals surface area contributed by atoms with Gasteiger partial charge >= 0.3 is 6.18 Å². The van der Waals surface area contributed by atoms with Gasteiger partial charge in [-0.3, -0.25) is 4.79 Å². The Labute approximate surface area is 133 Å². The fourth-order valence-electron chi connectivity index (χ4n) is 2.09. The monoisotopic (exact) mass is 349 g/mol. The molecule has 0 aliphatic rings. The van der Waals surface area contributed by atoms with Crippen LogP contribution in [0.25, 0.3) is 10.2 Å². The number of ether oxygens (including phenoxy) is 1. The Morgan fingerprint density at radius 1 is 1.48 bits per heavy atom. The summed E-state index contributed by atoms with van der Waals surface area (Å²) in [5.41, 5.74) is 1.45. The fraction of sp³-hybridized carbons (Fsp3) is 0.385. The Morgan fingerprint density at radius 2 is 2.13 bits per heavy atom. The Morgan fingerprint density at radius 3 is 2.65 bits per heavy atom. The van der Waals surface area contributed by atoms with Crippen molar-refractivity contribution in [2.45, 2.75) is 18.7 Å². The molecule has 2 rings (SSSR count). The van der Waals surface area contributed by atoms with Crippen LogP contribution in [0.15, 0.2) is 12.1 Å². The molecule has 6 nitrogen and oxygen atoms in total. The number of aromatic nitrogens is 1. The van der Waals surface area contributed by atoms with Gasteiger partial charge in [0.05, 0.1) is 11.8 Å². The van der Waals surface area contributed by atoms with Crippen molar-refractivity contribution in [3.8, 4) is 5.75 Å². The molecule has 0 spiro atoms. The number of carbonyl (C=O) groups is 1. The number of fused-ring (bicyclic) bond motifs is 1. The summed E-state index contributed by atoms with van der Waals surface area (Å²) in [7, 11) is 1.24. The maximum absolute atomic E-state index is 13.4. The van der Waals surface area contributed by atoms with Gasteiger partial charge in [-0.25, -0.2) is 4.98 Å². The van der Waals surface area contributed by atoms with Gasteiger partial charge in [-0.1, -0.05) is 11.3 Å². The quantitative estimate of drug-likeness (QED) is 0.782. The average molecular weight is 349 g/mol. The highest BCUT2D eigenvalue weighted by molar-refractivity contribution is 7.22. The summed E-state index contributed by atoms with van der Waals surface area (Å²) in [6, 6.07) is 1.97. The van der Waals surface area contributed by atoms with Crippen LogP contribution in [0.3, 0.4) is 0 Å². The number of nitrogens with zero attached hydrogens (tertiary/aromatic N) is 1. The Bertz CT molecular complexity index is 747. The van der Waals surface area contributed by atoms with Crippen molar-refractivity contribution < 1.29 is 27.8 Å². The number of amides is 1. The van der Waals surface area contributed by atoms with Gasteiger partial charge in [-0.05, 0) is 19.1 Å². The van der Waals surface area contributed by atoms with Gasteiger partial charge in [0, 0.05) is 12.1 Å². The first-order valence-corrected chi connectivity index (χ1v) is 7.28. The van der Waals surface area contributed by atoms with E-state index >= 15 is 0 Å². The summed E-state index contributed by atoms with van der Waals surface area (Å²) in [5.74, 6) is -1.58. The van der Waals surface area contributed by atoms with Gasteiger partial charge < -0.3 is 20.9 Å². The highest BCUT2D eigenvalue weighted by Gasteiger charge is 2.61. The molecule has 1 atom stereocenters. The second-order valence-electron chi connectivity index (χ2n) is 4.64. The molecule has 0 bridgehead atoms. The van der Waals surface area contributed by atoms with Crippen LogP contribution in [-0.4, -0.2) is 35.8 Å². The van der Waals surface area contributed by atoms with Crippen LogP contribution in [0.4, 0.5) is 18.3 Å². The largest absolute Gasteiger partial charge is 0.494 e. The summed E-state index contributed by atoms with van der Waals surface area (Å²) in [6.07, 6.45) is -5.22. The number of hydrogen-bond acceptors (Lipinski definition) is 6. The van der Waals surface area contributed by atoms with Crippen molar-refractivity contribution >= 4 is 32.6 Å². The number of nitrogens with two attached hydrogens (primary N) is 1. The Balaban J connectivity index is 2.73. The number of hydrogen-bond donors (Lipinski definition) is 3. The third-order valence-electron chi connectivity index (χ3n) is 3.19. The van der Waals surface area contributed by atoms with Crippen LogP contribution >= 0.6 is 11.3 Å². The molecule has 1 heterocycles. The molecule has 4 N–H and O–H groups in total. The first-order valence-electron chi connectivity index (χ1n) is 6.47. The Kier molecular flexibility index (Phi) is 4.40. The normalized spacial score (nSPS) is 14.5. The molecule has 126 valence electrons. The number of alkyl halides is 3. The number of nitrogen functional groups attached to an aromatic ring is 1. The van der Waals surface area contributed by atoms with E-state index in [-0.39, 0.29) is 27.6 Å². The summed E-state index contributed by atoms with van der Waals surface area (Å²) >= 11 is 0.924. The van der Waals surface area contributed by atoms with Gasteiger partial charge in [-0.15, -0.1) is 0 Å². The minimum Gasteiger partial charge on any atom is -0.494 e. The predicted octanol–water partition coefficient (Wildman–Crippen LogP) is 1.77. The van der Waals surface area contributed by atoms with E-state index in [0.29, 0.717) is 0 Å². The summed E-state index contributed by atoms with van der Waals surface area (Å²) in [5, 5.41) is 12.3. The number of rotatable bonds is 4. The van der Waals surface area contributed by atoms with Crippen molar-refractivity contribution in [3.05, 3.63) is 17.7 Å². The maximum atomic E-state index is 13.4. The molecule has 1 aromatic carbocycles. The number of likely N-dealkylation sites (N-methyl/N-ethyl adjacent to an activating group) is 1. The van der Waals surface area contributed by atoms with Crippen molar-refractivity contribution in [3.63, 3.8) is 0 Å². The Hall–Kier alpha value is -2.07. The number of halogens is 3.